The van der Waals surface area contributed by atoms with Crippen molar-refractivity contribution in [1.29, 1.82) is 0 Å². The van der Waals surface area contributed by atoms with Crippen molar-refractivity contribution in [2.45, 2.75) is 20.3 Å². The maximum Gasteiger partial charge on any atom is 0.252 e. The normalized spacial score (nSPS) is 10.8. The summed E-state index contributed by atoms with van der Waals surface area (Å²) in [6, 6.07) is 3.99. The van der Waals surface area contributed by atoms with E-state index >= 15 is 0 Å². The summed E-state index contributed by atoms with van der Waals surface area (Å²) in [4.78, 5) is 11.8. The second-order valence-corrected chi connectivity index (χ2v) is 5.53. The number of nitrogens with one attached hydrogen (secondary N) is 1. The van der Waals surface area contributed by atoms with Crippen LogP contribution >= 0.6 is 15.9 Å². The van der Waals surface area contributed by atoms with Gasteiger partial charge >= 0.3 is 0 Å². The maximum absolute atomic E-state index is 12.9. The zero-order chi connectivity index (χ0) is 14.3. The molecule has 19 heavy (non-hydrogen) atoms. The first kappa shape index (κ1) is 16.1. The summed E-state index contributed by atoms with van der Waals surface area (Å²) in [5.41, 5.74) is 0.420. The lowest BCUT2D eigenvalue weighted by Gasteiger charge is -2.08. The minimum absolute atomic E-state index is 0.237. The fourth-order valence-corrected chi connectivity index (χ4v) is 1.96. The number of rotatable bonds is 7. The molecule has 1 aromatic rings. The van der Waals surface area contributed by atoms with Crippen molar-refractivity contribution in [3.05, 3.63) is 34.1 Å². The summed E-state index contributed by atoms with van der Waals surface area (Å²) in [6.45, 7) is 5.90. The van der Waals surface area contributed by atoms with Gasteiger partial charge in [0.05, 0.1) is 12.2 Å². The predicted molar refractivity (Wildman–Crippen MR) is 76.7 cm³/mol. The number of carbonyl (C=O) groups excluding carboxylic acids is 1. The second kappa shape index (κ2) is 8.27. The first-order valence-electron chi connectivity index (χ1n) is 6.31. The number of hydrogen-bond donors (Lipinski definition) is 1. The molecule has 1 aromatic carbocycles. The summed E-state index contributed by atoms with van der Waals surface area (Å²) < 4.78 is 18.7. The number of carbonyl (C=O) groups is 1. The molecule has 0 radical (unpaired) electrons. The van der Waals surface area contributed by atoms with E-state index in [1.54, 1.807) is 0 Å². The summed E-state index contributed by atoms with van der Waals surface area (Å²) in [5.74, 6) is 0.00420. The minimum atomic E-state index is -0.375. The van der Waals surface area contributed by atoms with Gasteiger partial charge in [-0.25, -0.2) is 4.39 Å². The molecule has 0 aliphatic heterocycles. The second-order valence-electron chi connectivity index (χ2n) is 4.67. The van der Waals surface area contributed by atoms with E-state index in [0.717, 1.165) is 6.42 Å². The standard InChI is InChI=1S/C14H19BrFNO2/c1-10(2)5-7-19-8-6-17-14(18)12-4-3-11(16)9-13(12)15/h3-4,9-10H,5-8H2,1-2H3,(H,17,18). The predicted octanol–water partition coefficient (Wildman–Crippen LogP) is 3.38. The molecule has 1 amide bonds. The zero-order valence-corrected chi connectivity index (χ0v) is 12.8. The monoisotopic (exact) mass is 331 g/mol. The van der Waals surface area contributed by atoms with Crippen LogP contribution in [0, 0.1) is 11.7 Å². The average molecular weight is 332 g/mol. The molecular weight excluding hydrogens is 313 g/mol. The number of ether oxygens (including phenoxy) is 1. The Kier molecular flexibility index (Phi) is 7.02. The Morgan fingerprint density at radius 1 is 1.42 bits per heavy atom. The van der Waals surface area contributed by atoms with Crippen molar-refractivity contribution in [2.24, 2.45) is 5.92 Å². The van der Waals surface area contributed by atoms with Crippen molar-refractivity contribution in [2.75, 3.05) is 19.8 Å². The van der Waals surface area contributed by atoms with E-state index in [2.05, 4.69) is 35.1 Å². The first-order chi connectivity index (χ1) is 9.00. The third-order valence-corrected chi connectivity index (χ3v) is 3.20. The topological polar surface area (TPSA) is 38.3 Å². The molecule has 106 valence electrons. The highest BCUT2D eigenvalue weighted by Crippen LogP contribution is 2.17. The molecule has 0 bridgehead atoms. The van der Waals surface area contributed by atoms with Crippen LogP contribution in [0.2, 0.25) is 0 Å². The van der Waals surface area contributed by atoms with E-state index in [1.807, 2.05) is 0 Å². The Morgan fingerprint density at radius 3 is 2.79 bits per heavy atom. The SMILES string of the molecule is CC(C)CCOCCNC(=O)c1ccc(F)cc1Br. The molecular formula is C14H19BrFNO2. The van der Waals surface area contributed by atoms with Gasteiger partial charge in [0.25, 0.3) is 5.91 Å². The van der Waals surface area contributed by atoms with Crippen LogP contribution in [0.3, 0.4) is 0 Å². The molecule has 0 aliphatic rings. The van der Waals surface area contributed by atoms with Crippen LogP contribution in [-0.4, -0.2) is 25.7 Å². The zero-order valence-electron chi connectivity index (χ0n) is 11.2. The Labute approximate surface area is 121 Å². The van der Waals surface area contributed by atoms with Crippen LogP contribution in [0.4, 0.5) is 4.39 Å². The molecule has 0 unspecified atom stereocenters. The molecule has 1 rings (SSSR count). The molecule has 0 saturated carbocycles. The molecule has 5 heteroatoms. The van der Waals surface area contributed by atoms with Crippen LogP contribution in [0.5, 0.6) is 0 Å². The van der Waals surface area contributed by atoms with E-state index in [9.17, 15) is 9.18 Å². The Balaban J connectivity index is 2.28. The van der Waals surface area contributed by atoms with Crippen molar-refractivity contribution >= 4 is 21.8 Å². The van der Waals surface area contributed by atoms with Crippen LogP contribution in [0.1, 0.15) is 30.6 Å². The quantitative estimate of drug-likeness (QED) is 0.778. The highest BCUT2D eigenvalue weighted by Gasteiger charge is 2.09. The van der Waals surface area contributed by atoms with Crippen LogP contribution < -0.4 is 5.32 Å². The van der Waals surface area contributed by atoms with E-state index in [4.69, 9.17) is 4.74 Å². The van der Waals surface area contributed by atoms with E-state index < -0.39 is 0 Å². The molecule has 0 aromatic heterocycles. The lowest BCUT2D eigenvalue weighted by molar-refractivity contribution is 0.0905. The maximum atomic E-state index is 12.9. The highest BCUT2D eigenvalue weighted by atomic mass is 79.9. The van der Waals surface area contributed by atoms with Gasteiger partial charge < -0.3 is 10.1 Å². The van der Waals surface area contributed by atoms with E-state index in [-0.39, 0.29) is 11.7 Å². The number of hydrogen-bond acceptors (Lipinski definition) is 2. The van der Waals surface area contributed by atoms with E-state index in [0.29, 0.717) is 35.7 Å². The summed E-state index contributed by atoms with van der Waals surface area (Å²) >= 11 is 3.17. The third-order valence-electron chi connectivity index (χ3n) is 2.55. The largest absolute Gasteiger partial charge is 0.380 e. The van der Waals surface area contributed by atoms with Gasteiger partial charge in [-0.2, -0.15) is 0 Å². The lowest BCUT2D eigenvalue weighted by Crippen LogP contribution is -2.27. The Hall–Kier alpha value is -0.940. The molecule has 1 N–H and O–H groups in total. The number of halogens is 2. The van der Waals surface area contributed by atoms with Crippen LogP contribution in [0.15, 0.2) is 22.7 Å². The van der Waals surface area contributed by atoms with Crippen molar-refractivity contribution in [1.82, 2.24) is 5.32 Å². The Bertz CT molecular complexity index is 424. The fraction of sp³-hybridized carbons (Fsp3) is 0.500. The minimum Gasteiger partial charge on any atom is -0.380 e. The van der Waals surface area contributed by atoms with Crippen molar-refractivity contribution in [3.8, 4) is 0 Å². The fourth-order valence-electron chi connectivity index (χ4n) is 1.43. The van der Waals surface area contributed by atoms with Gasteiger partial charge in [0.2, 0.25) is 0 Å². The molecule has 0 heterocycles. The lowest BCUT2D eigenvalue weighted by atomic mass is 10.1. The molecule has 0 aliphatic carbocycles. The summed E-state index contributed by atoms with van der Waals surface area (Å²) in [6.07, 6.45) is 1.01. The molecule has 0 atom stereocenters. The number of amides is 1. The highest BCUT2D eigenvalue weighted by molar-refractivity contribution is 9.10. The van der Waals surface area contributed by atoms with Gasteiger partial charge in [0.15, 0.2) is 0 Å². The summed E-state index contributed by atoms with van der Waals surface area (Å²) in [7, 11) is 0. The van der Waals surface area contributed by atoms with Gasteiger partial charge in [-0.05, 0) is 46.5 Å². The van der Waals surface area contributed by atoms with Gasteiger partial charge in [0.1, 0.15) is 5.82 Å². The van der Waals surface area contributed by atoms with Crippen molar-refractivity contribution < 1.29 is 13.9 Å². The van der Waals surface area contributed by atoms with Gasteiger partial charge in [-0.1, -0.05) is 13.8 Å². The first-order valence-corrected chi connectivity index (χ1v) is 7.11. The van der Waals surface area contributed by atoms with E-state index in [1.165, 1.54) is 18.2 Å². The van der Waals surface area contributed by atoms with Crippen LogP contribution in [-0.2, 0) is 4.74 Å². The molecule has 0 fully saturated rings. The van der Waals surface area contributed by atoms with Crippen molar-refractivity contribution in [3.63, 3.8) is 0 Å². The third kappa shape index (κ3) is 6.16. The molecule has 0 saturated heterocycles. The van der Waals surface area contributed by atoms with Gasteiger partial charge in [0, 0.05) is 17.6 Å². The number of benzene rings is 1. The van der Waals surface area contributed by atoms with Crippen LogP contribution in [0.25, 0.3) is 0 Å². The van der Waals surface area contributed by atoms with Gasteiger partial charge in [-0.3, -0.25) is 4.79 Å². The Morgan fingerprint density at radius 2 is 2.16 bits per heavy atom. The molecule has 0 spiro atoms. The van der Waals surface area contributed by atoms with Gasteiger partial charge in [-0.15, -0.1) is 0 Å². The summed E-state index contributed by atoms with van der Waals surface area (Å²) in [5, 5.41) is 2.73. The molecule has 3 nitrogen and oxygen atoms in total. The smallest absolute Gasteiger partial charge is 0.252 e. The average Bonchev–Trinajstić information content (AvgIpc) is 2.32.